The number of halogens is 3. The topological polar surface area (TPSA) is 91.5 Å². The molecule has 1 saturated heterocycles. The number of aliphatic hydroxyl groups is 1. The van der Waals surface area contributed by atoms with Crippen LogP contribution in [0.2, 0.25) is 0 Å². The van der Waals surface area contributed by atoms with Gasteiger partial charge in [0.1, 0.15) is 0 Å². The van der Waals surface area contributed by atoms with Crippen LogP contribution in [0.4, 0.5) is 18.0 Å². The van der Waals surface area contributed by atoms with Crippen molar-refractivity contribution in [3.63, 3.8) is 0 Å². The Morgan fingerprint density at radius 3 is 2.77 bits per heavy atom. The molecule has 2 rings (SSSR count). The molecule has 0 bridgehead atoms. The molecule has 2 amide bonds. The fourth-order valence-corrected chi connectivity index (χ4v) is 2.28. The van der Waals surface area contributed by atoms with Gasteiger partial charge in [-0.3, -0.25) is 0 Å². The second-order valence-electron chi connectivity index (χ2n) is 5.26. The number of aryl methyl sites for hydroxylation is 1. The zero-order valence-corrected chi connectivity index (χ0v) is 12.0. The Morgan fingerprint density at radius 1 is 1.45 bits per heavy atom. The van der Waals surface area contributed by atoms with Gasteiger partial charge in [0.15, 0.2) is 11.4 Å². The predicted octanol–water partition coefficient (Wildman–Crippen LogP) is 1.37. The number of aromatic nitrogens is 2. The fraction of sp³-hybridized carbons (Fsp3) is 0.750. The summed E-state index contributed by atoms with van der Waals surface area (Å²) in [4.78, 5) is 17.1. The van der Waals surface area contributed by atoms with Gasteiger partial charge in [-0.15, -0.1) is 0 Å². The molecule has 0 aliphatic carbocycles. The van der Waals surface area contributed by atoms with E-state index < -0.39 is 30.7 Å². The first-order chi connectivity index (χ1) is 10.2. The molecule has 124 valence electrons. The second kappa shape index (κ2) is 6.11. The molecule has 0 aromatic carbocycles. The van der Waals surface area contributed by atoms with Crippen LogP contribution in [-0.2, 0) is 6.54 Å². The first-order valence-corrected chi connectivity index (χ1v) is 6.82. The van der Waals surface area contributed by atoms with Crippen molar-refractivity contribution in [2.75, 3.05) is 13.1 Å². The largest absolute Gasteiger partial charge is 0.417 e. The maximum Gasteiger partial charge on any atom is 0.417 e. The number of hydrogen-bond acceptors (Lipinski definition) is 5. The van der Waals surface area contributed by atoms with E-state index in [0.29, 0.717) is 5.82 Å². The van der Waals surface area contributed by atoms with Gasteiger partial charge in [0.05, 0.1) is 6.54 Å². The molecule has 1 aliphatic heterocycles. The Labute approximate surface area is 124 Å². The Bertz CT molecular complexity index is 534. The maximum atomic E-state index is 12.8. The van der Waals surface area contributed by atoms with Crippen LogP contribution in [0.25, 0.3) is 0 Å². The molecule has 0 radical (unpaired) electrons. The Balaban J connectivity index is 1.89. The van der Waals surface area contributed by atoms with Crippen molar-refractivity contribution >= 4 is 6.03 Å². The third-order valence-electron chi connectivity index (χ3n) is 3.59. The van der Waals surface area contributed by atoms with Gasteiger partial charge >= 0.3 is 12.2 Å². The molecule has 0 saturated carbocycles. The van der Waals surface area contributed by atoms with Gasteiger partial charge in [0.2, 0.25) is 5.89 Å². The maximum absolute atomic E-state index is 12.8. The van der Waals surface area contributed by atoms with Gasteiger partial charge in [-0.2, -0.15) is 18.2 Å². The van der Waals surface area contributed by atoms with E-state index in [1.54, 1.807) is 6.92 Å². The number of nitrogens with zero attached hydrogens (tertiary/aromatic N) is 3. The number of amides is 2. The van der Waals surface area contributed by atoms with Crippen LogP contribution in [0.5, 0.6) is 0 Å². The number of rotatable bonds is 2. The lowest BCUT2D eigenvalue weighted by Gasteiger charge is -2.29. The highest BCUT2D eigenvalue weighted by Gasteiger charge is 2.53. The highest BCUT2D eigenvalue weighted by atomic mass is 19.4. The summed E-state index contributed by atoms with van der Waals surface area (Å²) in [5.74, 6) is 0.640. The van der Waals surface area contributed by atoms with Crippen molar-refractivity contribution in [3.8, 4) is 0 Å². The summed E-state index contributed by atoms with van der Waals surface area (Å²) in [7, 11) is 0. The summed E-state index contributed by atoms with van der Waals surface area (Å²) in [6.07, 6.45) is -5.57. The smallest absolute Gasteiger partial charge is 0.380 e. The lowest BCUT2D eigenvalue weighted by molar-refractivity contribution is -0.263. The standard InChI is InChI=1S/C12H17F3N4O3/c1-8-17-9(22-18-8)7-16-10(20)19-5-2-3-11(21,4-6-19)12(13,14)15/h21H,2-7H2,1H3,(H,16,20). The van der Waals surface area contributed by atoms with E-state index in [-0.39, 0.29) is 31.9 Å². The molecule has 2 heterocycles. The molecule has 1 atom stereocenters. The number of urea groups is 1. The highest BCUT2D eigenvalue weighted by molar-refractivity contribution is 5.74. The summed E-state index contributed by atoms with van der Waals surface area (Å²) >= 11 is 0. The molecule has 7 nitrogen and oxygen atoms in total. The average Bonchev–Trinajstić information content (AvgIpc) is 2.72. The number of carbonyl (C=O) groups excluding carboxylic acids is 1. The molecule has 2 N–H and O–H groups in total. The molecule has 1 aromatic rings. The zero-order valence-electron chi connectivity index (χ0n) is 12.0. The molecule has 1 fully saturated rings. The number of nitrogens with one attached hydrogen (secondary N) is 1. The van der Waals surface area contributed by atoms with E-state index in [4.69, 9.17) is 4.52 Å². The normalized spacial score (nSPS) is 23.2. The van der Waals surface area contributed by atoms with E-state index in [9.17, 15) is 23.1 Å². The number of carbonyl (C=O) groups is 1. The van der Waals surface area contributed by atoms with E-state index in [1.165, 1.54) is 4.90 Å². The van der Waals surface area contributed by atoms with Crippen molar-refractivity contribution in [1.29, 1.82) is 0 Å². The number of hydrogen-bond donors (Lipinski definition) is 2. The quantitative estimate of drug-likeness (QED) is 0.858. The van der Waals surface area contributed by atoms with E-state index >= 15 is 0 Å². The summed E-state index contributed by atoms with van der Waals surface area (Å²) in [6, 6.07) is -0.526. The molecule has 1 aromatic heterocycles. The molecule has 22 heavy (non-hydrogen) atoms. The highest BCUT2D eigenvalue weighted by Crippen LogP contribution is 2.38. The van der Waals surface area contributed by atoms with Gasteiger partial charge in [-0.1, -0.05) is 5.16 Å². The van der Waals surface area contributed by atoms with Crippen molar-refractivity contribution in [1.82, 2.24) is 20.4 Å². The molecular formula is C12H17F3N4O3. The van der Waals surface area contributed by atoms with Gasteiger partial charge in [0, 0.05) is 19.5 Å². The Morgan fingerprint density at radius 2 is 2.18 bits per heavy atom. The molecule has 0 spiro atoms. The first kappa shape index (κ1) is 16.5. The summed E-state index contributed by atoms with van der Waals surface area (Å²) in [6.45, 7) is 1.60. The van der Waals surface area contributed by atoms with E-state index in [2.05, 4.69) is 15.5 Å². The number of alkyl halides is 3. The minimum Gasteiger partial charge on any atom is -0.380 e. The van der Waals surface area contributed by atoms with Gasteiger partial charge in [-0.25, -0.2) is 4.79 Å². The van der Waals surface area contributed by atoms with Crippen LogP contribution in [0.15, 0.2) is 4.52 Å². The molecule has 10 heteroatoms. The van der Waals surface area contributed by atoms with Gasteiger partial charge < -0.3 is 19.8 Å². The van der Waals surface area contributed by atoms with Crippen LogP contribution in [0.1, 0.15) is 31.0 Å². The van der Waals surface area contributed by atoms with Gasteiger partial charge in [-0.05, 0) is 19.8 Å². The van der Waals surface area contributed by atoms with E-state index in [0.717, 1.165) is 0 Å². The van der Waals surface area contributed by atoms with Crippen LogP contribution in [-0.4, -0.2) is 51.0 Å². The predicted molar refractivity (Wildman–Crippen MR) is 67.7 cm³/mol. The van der Waals surface area contributed by atoms with Crippen molar-refractivity contribution < 1.29 is 27.6 Å². The molecule has 1 unspecified atom stereocenters. The molecule has 1 aliphatic rings. The minimum absolute atomic E-state index is 0.000286. The summed E-state index contributed by atoms with van der Waals surface area (Å²) in [5.41, 5.74) is -2.73. The lowest BCUT2D eigenvalue weighted by atomic mass is 9.94. The van der Waals surface area contributed by atoms with Crippen molar-refractivity contribution in [3.05, 3.63) is 11.7 Å². The number of likely N-dealkylation sites (tertiary alicyclic amines) is 1. The van der Waals surface area contributed by atoms with Crippen LogP contribution in [0.3, 0.4) is 0 Å². The Hall–Kier alpha value is -1.84. The summed E-state index contributed by atoms with van der Waals surface area (Å²) in [5, 5.41) is 15.7. The average molecular weight is 322 g/mol. The van der Waals surface area contributed by atoms with Crippen LogP contribution in [0, 0.1) is 6.92 Å². The van der Waals surface area contributed by atoms with Crippen LogP contribution >= 0.6 is 0 Å². The van der Waals surface area contributed by atoms with Crippen molar-refractivity contribution in [2.24, 2.45) is 0 Å². The van der Waals surface area contributed by atoms with E-state index in [1.807, 2.05) is 0 Å². The monoisotopic (exact) mass is 322 g/mol. The van der Waals surface area contributed by atoms with Crippen molar-refractivity contribution in [2.45, 2.75) is 44.5 Å². The Kier molecular flexibility index (Phi) is 4.59. The third kappa shape index (κ3) is 3.67. The third-order valence-corrected chi connectivity index (χ3v) is 3.59. The zero-order chi connectivity index (χ0) is 16.4. The lowest BCUT2D eigenvalue weighted by Crippen LogP contribution is -2.46. The minimum atomic E-state index is -4.69. The van der Waals surface area contributed by atoms with Crippen LogP contribution < -0.4 is 5.32 Å². The fourth-order valence-electron chi connectivity index (χ4n) is 2.28. The first-order valence-electron chi connectivity index (χ1n) is 6.82. The SMILES string of the molecule is Cc1noc(CNC(=O)N2CCCC(O)(C(F)(F)F)CC2)n1. The second-order valence-corrected chi connectivity index (χ2v) is 5.26. The summed E-state index contributed by atoms with van der Waals surface area (Å²) < 4.78 is 43.2. The van der Waals surface area contributed by atoms with Gasteiger partial charge in [0.25, 0.3) is 0 Å². The molecular weight excluding hydrogens is 305 g/mol.